The van der Waals surface area contributed by atoms with Crippen LogP contribution in [0.2, 0.25) is 0 Å². The molecular formula is C15H26N2O3. The van der Waals surface area contributed by atoms with Gasteiger partial charge in [-0.3, -0.25) is 9.59 Å². The zero-order valence-corrected chi connectivity index (χ0v) is 12.6. The summed E-state index contributed by atoms with van der Waals surface area (Å²) in [6.45, 7) is 6.22. The van der Waals surface area contributed by atoms with E-state index in [0.29, 0.717) is 38.0 Å². The first-order valence-electron chi connectivity index (χ1n) is 7.76. The smallest absolute Gasteiger partial charge is 0.245 e. The van der Waals surface area contributed by atoms with Gasteiger partial charge >= 0.3 is 0 Å². The minimum atomic E-state index is -0.352. The lowest BCUT2D eigenvalue weighted by molar-refractivity contribution is -0.134. The number of hydrogen-bond donors (Lipinski definition) is 1. The van der Waals surface area contributed by atoms with E-state index in [-0.39, 0.29) is 17.9 Å². The number of nitrogens with one attached hydrogen (secondary N) is 1. The lowest BCUT2D eigenvalue weighted by Gasteiger charge is -2.25. The number of nitrogens with zero attached hydrogens (tertiary/aromatic N) is 1. The summed E-state index contributed by atoms with van der Waals surface area (Å²) < 4.78 is 5.60. The summed E-state index contributed by atoms with van der Waals surface area (Å²) in [6.07, 6.45) is 4.50. The summed E-state index contributed by atoms with van der Waals surface area (Å²) in [6, 6.07) is -0.352. The zero-order valence-electron chi connectivity index (χ0n) is 12.6. The van der Waals surface area contributed by atoms with E-state index < -0.39 is 0 Å². The highest BCUT2D eigenvalue weighted by molar-refractivity contribution is 5.89. The van der Waals surface area contributed by atoms with Crippen LogP contribution in [-0.4, -0.2) is 48.6 Å². The van der Waals surface area contributed by atoms with Crippen LogP contribution < -0.4 is 5.32 Å². The van der Waals surface area contributed by atoms with Crippen LogP contribution in [0.15, 0.2) is 0 Å². The maximum Gasteiger partial charge on any atom is 0.245 e. The SMILES string of the molecule is CC(C)CC1NC(=O)CCN(CCC2CCCO2)C1=O. The summed E-state index contributed by atoms with van der Waals surface area (Å²) in [7, 11) is 0. The van der Waals surface area contributed by atoms with Crippen molar-refractivity contribution in [1.82, 2.24) is 10.2 Å². The van der Waals surface area contributed by atoms with Crippen LogP contribution in [0.5, 0.6) is 0 Å². The molecule has 2 amide bonds. The second-order valence-electron chi connectivity index (χ2n) is 6.25. The summed E-state index contributed by atoms with van der Waals surface area (Å²) in [5.74, 6) is 0.452. The van der Waals surface area contributed by atoms with Gasteiger partial charge in [-0.15, -0.1) is 0 Å². The summed E-state index contributed by atoms with van der Waals surface area (Å²) in [5, 5.41) is 2.86. The molecule has 0 aromatic heterocycles. The third-order valence-electron chi connectivity index (χ3n) is 4.01. The van der Waals surface area contributed by atoms with Gasteiger partial charge in [0.1, 0.15) is 6.04 Å². The molecule has 2 fully saturated rings. The fourth-order valence-corrected chi connectivity index (χ4v) is 2.92. The molecule has 2 heterocycles. The molecule has 0 spiro atoms. The minimum Gasteiger partial charge on any atom is -0.378 e. The van der Waals surface area contributed by atoms with Crippen LogP contribution in [-0.2, 0) is 14.3 Å². The molecule has 0 bridgehead atoms. The molecule has 2 rings (SSSR count). The van der Waals surface area contributed by atoms with Crippen LogP contribution in [0.4, 0.5) is 0 Å². The molecule has 5 heteroatoms. The van der Waals surface area contributed by atoms with E-state index in [9.17, 15) is 9.59 Å². The fourth-order valence-electron chi connectivity index (χ4n) is 2.92. The number of rotatable bonds is 5. The van der Waals surface area contributed by atoms with E-state index in [0.717, 1.165) is 25.9 Å². The number of amides is 2. The maximum atomic E-state index is 12.5. The van der Waals surface area contributed by atoms with Gasteiger partial charge in [0.2, 0.25) is 11.8 Å². The van der Waals surface area contributed by atoms with E-state index in [1.54, 1.807) is 0 Å². The normalized spacial score (nSPS) is 27.9. The number of carbonyl (C=O) groups excluding carboxylic acids is 2. The van der Waals surface area contributed by atoms with Crippen molar-refractivity contribution in [3.8, 4) is 0 Å². The molecule has 2 atom stereocenters. The van der Waals surface area contributed by atoms with Crippen molar-refractivity contribution in [2.75, 3.05) is 19.7 Å². The quantitative estimate of drug-likeness (QED) is 0.827. The Morgan fingerprint density at radius 1 is 1.40 bits per heavy atom. The fraction of sp³-hybridized carbons (Fsp3) is 0.867. The van der Waals surface area contributed by atoms with Gasteiger partial charge in [0.15, 0.2) is 0 Å². The molecule has 2 saturated heterocycles. The second-order valence-corrected chi connectivity index (χ2v) is 6.25. The van der Waals surface area contributed by atoms with Crippen LogP contribution >= 0.6 is 0 Å². The molecule has 20 heavy (non-hydrogen) atoms. The van der Waals surface area contributed by atoms with Crippen LogP contribution in [0.25, 0.3) is 0 Å². The Kier molecular flexibility index (Phi) is 5.40. The second kappa shape index (κ2) is 7.07. The summed E-state index contributed by atoms with van der Waals surface area (Å²) >= 11 is 0. The highest BCUT2D eigenvalue weighted by atomic mass is 16.5. The lowest BCUT2D eigenvalue weighted by Crippen LogP contribution is -2.46. The van der Waals surface area contributed by atoms with E-state index in [1.807, 2.05) is 4.90 Å². The van der Waals surface area contributed by atoms with Gasteiger partial charge in [0.25, 0.3) is 0 Å². The Morgan fingerprint density at radius 3 is 2.85 bits per heavy atom. The van der Waals surface area contributed by atoms with Gasteiger partial charge in [0.05, 0.1) is 6.10 Å². The maximum absolute atomic E-state index is 12.5. The van der Waals surface area contributed by atoms with Crippen LogP contribution in [0.3, 0.4) is 0 Å². The van der Waals surface area contributed by atoms with E-state index >= 15 is 0 Å². The highest BCUT2D eigenvalue weighted by Crippen LogP contribution is 2.17. The van der Waals surface area contributed by atoms with Gasteiger partial charge < -0.3 is 15.0 Å². The Labute approximate surface area is 121 Å². The molecule has 114 valence electrons. The number of ether oxygens (including phenoxy) is 1. The van der Waals surface area contributed by atoms with Crippen molar-refractivity contribution in [3.05, 3.63) is 0 Å². The van der Waals surface area contributed by atoms with Crippen molar-refractivity contribution in [1.29, 1.82) is 0 Å². The molecule has 1 N–H and O–H groups in total. The minimum absolute atomic E-state index is 0.0105. The zero-order chi connectivity index (χ0) is 14.5. The van der Waals surface area contributed by atoms with E-state index in [4.69, 9.17) is 4.74 Å². The van der Waals surface area contributed by atoms with Crippen molar-refractivity contribution in [3.63, 3.8) is 0 Å². The Morgan fingerprint density at radius 2 is 2.20 bits per heavy atom. The molecule has 0 aromatic rings. The Hall–Kier alpha value is -1.10. The monoisotopic (exact) mass is 282 g/mol. The standard InChI is InChI=1S/C15H26N2O3/c1-11(2)10-13-15(19)17(8-6-14(18)16-13)7-5-12-4-3-9-20-12/h11-13H,3-10H2,1-2H3,(H,16,18). The average Bonchev–Trinajstić information content (AvgIpc) is 2.85. The molecule has 0 aliphatic carbocycles. The van der Waals surface area contributed by atoms with Gasteiger partial charge in [0, 0.05) is 26.1 Å². The van der Waals surface area contributed by atoms with Crippen molar-refractivity contribution < 1.29 is 14.3 Å². The van der Waals surface area contributed by atoms with Crippen molar-refractivity contribution in [2.45, 2.75) is 58.1 Å². The molecule has 2 aliphatic heterocycles. The molecule has 2 unspecified atom stereocenters. The first-order chi connectivity index (χ1) is 9.56. The average molecular weight is 282 g/mol. The molecule has 0 aromatic carbocycles. The summed E-state index contributed by atoms with van der Waals surface area (Å²) in [5.41, 5.74) is 0. The molecular weight excluding hydrogens is 256 g/mol. The van der Waals surface area contributed by atoms with Gasteiger partial charge in [-0.2, -0.15) is 0 Å². The van der Waals surface area contributed by atoms with Gasteiger partial charge in [-0.1, -0.05) is 13.8 Å². The lowest BCUT2D eigenvalue weighted by atomic mass is 10.0. The van der Waals surface area contributed by atoms with Crippen molar-refractivity contribution >= 4 is 11.8 Å². The third kappa shape index (κ3) is 4.20. The van der Waals surface area contributed by atoms with Crippen LogP contribution in [0, 0.1) is 5.92 Å². The predicted octanol–water partition coefficient (Wildman–Crippen LogP) is 1.32. The van der Waals surface area contributed by atoms with E-state index in [1.165, 1.54) is 0 Å². The Bertz CT molecular complexity index is 351. The number of carbonyl (C=O) groups is 2. The first-order valence-corrected chi connectivity index (χ1v) is 7.76. The molecule has 0 saturated carbocycles. The topological polar surface area (TPSA) is 58.6 Å². The van der Waals surface area contributed by atoms with Crippen LogP contribution in [0.1, 0.15) is 46.0 Å². The summed E-state index contributed by atoms with van der Waals surface area (Å²) in [4.78, 5) is 26.1. The van der Waals surface area contributed by atoms with Gasteiger partial charge in [-0.25, -0.2) is 0 Å². The molecule has 5 nitrogen and oxygen atoms in total. The largest absolute Gasteiger partial charge is 0.378 e. The predicted molar refractivity (Wildman–Crippen MR) is 76.2 cm³/mol. The van der Waals surface area contributed by atoms with Gasteiger partial charge in [-0.05, 0) is 31.6 Å². The number of hydrogen-bond acceptors (Lipinski definition) is 3. The highest BCUT2D eigenvalue weighted by Gasteiger charge is 2.30. The molecule has 2 aliphatic rings. The molecule has 0 radical (unpaired) electrons. The Balaban J connectivity index is 1.91. The van der Waals surface area contributed by atoms with E-state index in [2.05, 4.69) is 19.2 Å². The first kappa shape index (κ1) is 15.3. The van der Waals surface area contributed by atoms with Crippen molar-refractivity contribution in [2.24, 2.45) is 5.92 Å². The third-order valence-corrected chi connectivity index (χ3v) is 4.01.